The van der Waals surface area contributed by atoms with Crippen LogP contribution in [0.5, 0.6) is 11.5 Å². The lowest BCUT2D eigenvalue weighted by Gasteiger charge is -2.10. The van der Waals surface area contributed by atoms with Crippen molar-refractivity contribution in [1.29, 1.82) is 0 Å². The standard InChI is InChI=1S/C14H23NO2.C6H5BrO2S/c1-4-5-9-15-10-8-12-6-7-13(16-2)14(11-12)17-3;7-5-1-3-6(4-2-5)10-9-8/h6-7,11,15H,4-5,8-10H2,1-3H3;1-4,8H. The van der Waals surface area contributed by atoms with Gasteiger partial charge in [-0.3, -0.25) is 0 Å². The fraction of sp³-hybridized carbons (Fsp3) is 0.400. The number of rotatable bonds is 10. The van der Waals surface area contributed by atoms with Gasteiger partial charge in [0.1, 0.15) is 0 Å². The van der Waals surface area contributed by atoms with E-state index in [1.54, 1.807) is 14.2 Å². The summed E-state index contributed by atoms with van der Waals surface area (Å²) in [6, 6.07) is 13.5. The Morgan fingerprint density at radius 3 is 2.30 bits per heavy atom. The molecule has 0 bridgehead atoms. The molecule has 0 radical (unpaired) electrons. The van der Waals surface area contributed by atoms with Crippen molar-refractivity contribution in [2.24, 2.45) is 0 Å². The SMILES string of the molecule is CCCCNCCc1ccc(OC)c(OC)c1.OOSc1ccc(Br)cc1. The van der Waals surface area contributed by atoms with E-state index in [1.807, 2.05) is 36.4 Å². The normalized spacial score (nSPS) is 10.1. The number of methoxy groups -OCH3 is 2. The molecular formula is C20H28BrNO4S. The molecule has 0 unspecified atom stereocenters. The predicted octanol–water partition coefficient (Wildman–Crippen LogP) is 5.58. The van der Waals surface area contributed by atoms with E-state index in [1.165, 1.54) is 18.4 Å². The van der Waals surface area contributed by atoms with Gasteiger partial charge in [0.2, 0.25) is 0 Å². The third-order valence-electron chi connectivity index (χ3n) is 3.69. The van der Waals surface area contributed by atoms with Gasteiger partial charge in [-0.05, 0) is 67.9 Å². The Hall–Kier alpha value is -1.25. The first kappa shape index (κ1) is 23.8. The van der Waals surface area contributed by atoms with Crippen LogP contribution in [0.15, 0.2) is 51.8 Å². The van der Waals surface area contributed by atoms with E-state index >= 15 is 0 Å². The van der Waals surface area contributed by atoms with Crippen LogP contribution in [-0.4, -0.2) is 32.6 Å². The Kier molecular flexibility index (Phi) is 13.0. The average molecular weight is 458 g/mol. The highest BCUT2D eigenvalue weighted by Crippen LogP contribution is 2.27. The summed E-state index contributed by atoms with van der Waals surface area (Å²) in [5.41, 5.74) is 1.27. The molecule has 2 aromatic carbocycles. The van der Waals surface area contributed by atoms with E-state index in [0.717, 1.165) is 52.4 Å². The Morgan fingerprint density at radius 1 is 1.00 bits per heavy atom. The molecule has 0 saturated heterocycles. The summed E-state index contributed by atoms with van der Waals surface area (Å²) < 4.78 is 15.4. The molecule has 2 N–H and O–H groups in total. The van der Waals surface area contributed by atoms with Gasteiger partial charge >= 0.3 is 0 Å². The molecule has 0 heterocycles. The van der Waals surface area contributed by atoms with Crippen molar-refractivity contribution in [3.8, 4) is 11.5 Å². The number of hydrogen-bond donors (Lipinski definition) is 2. The first-order chi connectivity index (χ1) is 13.1. The third-order valence-corrected chi connectivity index (χ3v) is 4.76. The maximum Gasteiger partial charge on any atom is 0.160 e. The maximum atomic E-state index is 8.04. The van der Waals surface area contributed by atoms with Crippen LogP contribution in [0.3, 0.4) is 0 Å². The lowest BCUT2D eigenvalue weighted by atomic mass is 10.1. The van der Waals surface area contributed by atoms with Crippen LogP contribution < -0.4 is 14.8 Å². The molecule has 0 aliphatic rings. The highest BCUT2D eigenvalue weighted by Gasteiger charge is 2.03. The second-order valence-electron chi connectivity index (χ2n) is 5.65. The minimum Gasteiger partial charge on any atom is -0.493 e. The Labute approximate surface area is 174 Å². The van der Waals surface area contributed by atoms with Crippen molar-refractivity contribution < 1.29 is 19.1 Å². The highest BCUT2D eigenvalue weighted by atomic mass is 79.9. The number of halogens is 1. The van der Waals surface area contributed by atoms with Crippen molar-refractivity contribution in [3.63, 3.8) is 0 Å². The molecule has 0 aliphatic heterocycles. The van der Waals surface area contributed by atoms with Gasteiger partial charge in [0.05, 0.1) is 26.3 Å². The van der Waals surface area contributed by atoms with E-state index in [4.69, 9.17) is 14.7 Å². The van der Waals surface area contributed by atoms with E-state index in [0.29, 0.717) is 0 Å². The van der Waals surface area contributed by atoms with E-state index in [2.05, 4.69) is 38.6 Å². The minimum absolute atomic E-state index is 0.787. The third kappa shape index (κ3) is 10.0. The van der Waals surface area contributed by atoms with Crippen molar-refractivity contribution in [2.45, 2.75) is 31.1 Å². The summed E-state index contributed by atoms with van der Waals surface area (Å²) in [5.74, 6) is 1.59. The molecule has 150 valence electrons. The zero-order valence-corrected chi connectivity index (χ0v) is 18.4. The molecule has 0 fully saturated rings. The lowest BCUT2D eigenvalue weighted by molar-refractivity contribution is -0.116. The van der Waals surface area contributed by atoms with Gasteiger partial charge in [-0.15, -0.1) is 0 Å². The molecule has 0 amide bonds. The fourth-order valence-corrected chi connectivity index (χ4v) is 2.83. The summed E-state index contributed by atoms with van der Waals surface area (Å²) in [5, 5.41) is 11.5. The van der Waals surface area contributed by atoms with Crippen LogP contribution in [-0.2, 0) is 10.8 Å². The molecule has 0 atom stereocenters. The van der Waals surface area contributed by atoms with Crippen LogP contribution in [0.2, 0.25) is 0 Å². The van der Waals surface area contributed by atoms with Gasteiger partial charge in [0.15, 0.2) is 11.5 Å². The van der Waals surface area contributed by atoms with Gasteiger partial charge in [0.25, 0.3) is 0 Å². The van der Waals surface area contributed by atoms with Crippen LogP contribution in [0, 0.1) is 0 Å². The number of benzene rings is 2. The predicted molar refractivity (Wildman–Crippen MR) is 115 cm³/mol. The molecule has 0 saturated carbocycles. The average Bonchev–Trinajstić information content (AvgIpc) is 2.70. The van der Waals surface area contributed by atoms with E-state index in [9.17, 15) is 0 Å². The van der Waals surface area contributed by atoms with Crippen LogP contribution in [0.25, 0.3) is 0 Å². The van der Waals surface area contributed by atoms with Gasteiger partial charge in [-0.2, -0.15) is 4.33 Å². The fourth-order valence-electron chi connectivity index (χ4n) is 2.23. The first-order valence-corrected chi connectivity index (χ1v) is 10.3. The van der Waals surface area contributed by atoms with E-state index in [-0.39, 0.29) is 0 Å². The first-order valence-electron chi connectivity index (χ1n) is 8.79. The zero-order chi connectivity index (χ0) is 19.9. The number of unbranched alkanes of at least 4 members (excludes halogenated alkanes) is 1. The number of nitrogens with one attached hydrogen (secondary N) is 1. The van der Waals surface area contributed by atoms with Gasteiger partial charge in [0, 0.05) is 9.37 Å². The van der Waals surface area contributed by atoms with Crippen molar-refractivity contribution in [2.75, 3.05) is 27.3 Å². The Morgan fingerprint density at radius 2 is 1.70 bits per heavy atom. The summed E-state index contributed by atoms with van der Waals surface area (Å²) in [6.07, 6.45) is 3.50. The topological polar surface area (TPSA) is 60.0 Å². The van der Waals surface area contributed by atoms with Crippen molar-refractivity contribution in [3.05, 3.63) is 52.5 Å². The molecule has 0 spiro atoms. The smallest absolute Gasteiger partial charge is 0.160 e. The molecule has 7 heteroatoms. The molecule has 2 aromatic rings. The van der Waals surface area contributed by atoms with Crippen LogP contribution in [0.4, 0.5) is 0 Å². The van der Waals surface area contributed by atoms with Crippen molar-refractivity contribution >= 4 is 28.0 Å². The zero-order valence-electron chi connectivity index (χ0n) is 16.0. The second-order valence-corrected chi connectivity index (χ2v) is 7.36. The molecule has 27 heavy (non-hydrogen) atoms. The van der Waals surface area contributed by atoms with Crippen molar-refractivity contribution in [1.82, 2.24) is 5.32 Å². The van der Waals surface area contributed by atoms with Crippen LogP contribution >= 0.6 is 28.0 Å². The molecule has 2 rings (SSSR count). The molecular weight excluding hydrogens is 430 g/mol. The van der Waals surface area contributed by atoms with Gasteiger partial charge < -0.3 is 14.8 Å². The number of hydrogen-bond acceptors (Lipinski definition) is 6. The monoisotopic (exact) mass is 457 g/mol. The summed E-state index contributed by atoms with van der Waals surface area (Å²) in [7, 11) is 3.32. The minimum atomic E-state index is 0.787. The summed E-state index contributed by atoms with van der Waals surface area (Å²) >= 11 is 4.20. The van der Waals surface area contributed by atoms with Gasteiger partial charge in [-0.25, -0.2) is 5.26 Å². The molecule has 0 aliphatic carbocycles. The van der Waals surface area contributed by atoms with E-state index < -0.39 is 0 Å². The van der Waals surface area contributed by atoms with Gasteiger partial charge in [-0.1, -0.05) is 35.3 Å². The molecule has 5 nitrogen and oxygen atoms in total. The second kappa shape index (κ2) is 14.8. The Balaban J connectivity index is 0.000000309. The maximum absolute atomic E-state index is 8.04. The highest BCUT2D eigenvalue weighted by molar-refractivity contribution is 9.10. The van der Waals surface area contributed by atoms with Crippen LogP contribution in [0.1, 0.15) is 25.3 Å². The lowest BCUT2D eigenvalue weighted by Crippen LogP contribution is -2.18. The molecule has 0 aromatic heterocycles. The summed E-state index contributed by atoms with van der Waals surface area (Å²) in [4.78, 5) is 0.866. The summed E-state index contributed by atoms with van der Waals surface area (Å²) in [6.45, 7) is 4.31. The largest absolute Gasteiger partial charge is 0.493 e. The quantitative estimate of drug-likeness (QED) is 0.210. The number of ether oxygens (including phenoxy) is 2. The Bertz CT molecular complexity index is 640.